The molecule has 0 N–H and O–H groups in total. The van der Waals surface area contributed by atoms with Crippen LogP contribution in [0.3, 0.4) is 0 Å². The van der Waals surface area contributed by atoms with E-state index >= 15 is 0 Å². The van der Waals surface area contributed by atoms with Crippen molar-refractivity contribution in [3.63, 3.8) is 0 Å². The van der Waals surface area contributed by atoms with E-state index in [2.05, 4.69) is 15.9 Å². The number of ether oxygens (including phenoxy) is 1. The molecule has 0 bridgehead atoms. The van der Waals surface area contributed by atoms with Crippen molar-refractivity contribution in [1.29, 1.82) is 0 Å². The van der Waals surface area contributed by atoms with E-state index < -0.39 is 0 Å². The smallest absolute Gasteiger partial charge is 0.338 e. The lowest BCUT2D eigenvalue weighted by Crippen LogP contribution is -2.06. The highest BCUT2D eigenvalue weighted by Crippen LogP contribution is 2.17. The van der Waals surface area contributed by atoms with Gasteiger partial charge in [-0.15, -0.1) is 11.6 Å². The number of carbonyl (C=O) groups is 1. The SMILES string of the molecule is COC(=O)c1cc(CCl)ccc1CCCBr. The Morgan fingerprint density at radius 1 is 1.50 bits per heavy atom. The Kier molecular flexibility index (Phi) is 5.85. The van der Waals surface area contributed by atoms with Crippen LogP contribution < -0.4 is 0 Å². The molecular formula is C12H14BrClO2. The second kappa shape index (κ2) is 6.92. The normalized spacial score (nSPS) is 10.2. The average molecular weight is 306 g/mol. The molecule has 0 saturated heterocycles. The molecule has 4 heteroatoms. The Morgan fingerprint density at radius 3 is 2.81 bits per heavy atom. The van der Waals surface area contributed by atoms with E-state index in [4.69, 9.17) is 16.3 Å². The monoisotopic (exact) mass is 304 g/mol. The van der Waals surface area contributed by atoms with Crippen LogP contribution in [0.1, 0.15) is 27.9 Å². The van der Waals surface area contributed by atoms with Gasteiger partial charge in [-0.05, 0) is 30.0 Å². The molecule has 0 aliphatic heterocycles. The van der Waals surface area contributed by atoms with Crippen LogP contribution in [0.25, 0.3) is 0 Å². The van der Waals surface area contributed by atoms with Crippen LogP contribution >= 0.6 is 27.5 Å². The van der Waals surface area contributed by atoms with E-state index in [1.807, 2.05) is 18.2 Å². The number of hydrogen-bond acceptors (Lipinski definition) is 2. The molecule has 0 spiro atoms. The zero-order valence-corrected chi connectivity index (χ0v) is 11.5. The summed E-state index contributed by atoms with van der Waals surface area (Å²) in [5.41, 5.74) is 2.58. The fourth-order valence-electron chi connectivity index (χ4n) is 1.48. The summed E-state index contributed by atoms with van der Waals surface area (Å²) in [6.07, 6.45) is 1.85. The standard InChI is InChI=1S/C12H14BrClO2/c1-16-12(15)11-7-9(8-14)4-5-10(11)3-2-6-13/h4-5,7H,2-3,6,8H2,1H3. The quantitative estimate of drug-likeness (QED) is 0.614. The number of esters is 1. The van der Waals surface area contributed by atoms with Gasteiger partial charge in [-0.2, -0.15) is 0 Å². The van der Waals surface area contributed by atoms with Gasteiger partial charge in [0.25, 0.3) is 0 Å². The first-order chi connectivity index (χ1) is 7.72. The summed E-state index contributed by atoms with van der Waals surface area (Å²) >= 11 is 9.12. The zero-order valence-electron chi connectivity index (χ0n) is 9.13. The van der Waals surface area contributed by atoms with E-state index in [0.717, 1.165) is 29.3 Å². The van der Waals surface area contributed by atoms with Gasteiger partial charge in [-0.1, -0.05) is 28.1 Å². The van der Waals surface area contributed by atoms with Crippen LogP contribution in [-0.4, -0.2) is 18.4 Å². The number of methoxy groups -OCH3 is 1. The second-order valence-corrected chi connectivity index (χ2v) is 4.47. The molecule has 1 rings (SSSR count). The highest BCUT2D eigenvalue weighted by atomic mass is 79.9. The van der Waals surface area contributed by atoms with E-state index in [0.29, 0.717) is 11.4 Å². The van der Waals surface area contributed by atoms with E-state index in [-0.39, 0.29) is 5.97 Å². The summed E-state index contributed by atoms with van der Waals surface area (Å²) in [6, 6.07) is 5.71. The fourth-order valence-corrected chi connectivity index (χ4v) is 1.93. The molecule has 0 aromatic heterocycles. The molecule has 16 heavy (non-hydrogen) atoms. The van der Waals surface area contributed by atoms with Crippen LogP contribution in [0, 0.1) is 0 Å². The maximum absolute atomic E-state index is 11.6. The van der Waals surface area contributed by atoms with Crippen molar-refractivity contribution >= 4 is 33.5 Å². The summed E-state index contributed by atoms with van der Waals surface area (Å²) < 4.78 is 4.76. The number of aryl methyl sites for hydroxylation is 1. The molecule has 0 fully saturated rings. The Balaban J connectivity index is 3.01. The molecule has 1 aromatic carbocycles. The summed E-state index contributed by atoms with van der Waals surface area (Å²) in [5, 5.41) is 0.921. The molecule has 1 aromatic rings. The van der Waals surface area contributed by atoms with Crippen molar-refractivity contribution in [1.82, 2.24) is 0 Å². The topological polar surface area (TPSA) is 26.3 Å². The minimum atomic E-state index is -0.295. The molecule has 0 atom stereocenters. The lowest BCUT2D eigenvalue weighted by atomic mass is 10.0. The number of alkyl halides is 2. The predicted octanol–water partition coefficient (Wildman–Crippen LogP) is 3.54. The highest BCUT2D eigenvalue weighted by Gasteiger charge is 2.12. The van der Waals surface area contributed by atoms with Gasteiger partial charge in [0.1, 0.15) is 0 Å². The van der Waals surface area contributed by atoms with Gasteiger partial charge < -0.3 is 4.74 Å². The Hall–Kier alpha value is -0.540. The lowest BCUT2D eigenvalue weighted by molar-refractivity contribution is 0.0599. The summed E-state index contributed by atoms with van der Waals surface area (Å²) in [5.74, 6) is 0.111. The average Bonchev–Trinajstić information content (AvgIpc) is 2.35. The molecule has 0 heterocycles. The molecule has 2 nitrogen and oxygen atoms in total. The molecule has 0 radical (unpaired) electrons. The third-order valence-electron chi connectivity index (χ3n) is 2.31. The molecule has 0 aliphatic rings. The first-order valence-electron chi connectivity index (χ1n) is 5.05. The van der Waals surface area contributed by atoms with Gasteiger partial charge in [0.2, 0.25) is 0 Å². The van der Waals surface area contributed by atoms with Crippen LogP contribution in [-0.2, 0) is 17.0 Å². The summed E-state index contributed by atoms with van der Waals surface area (Å²) in [4.78, 5) is 11.6. The maximum Gasteiger partial charge on any atom is 0.338 e. The minimum absolute atomic E-state index is 0.295. The minimum Gasteiger partial charge on any atom is -0.465 e. The Labute approximate surface area is 109 Å². The van der Waals surface area contributed by atoms with Crippen molar-refractivity contribution in [2.75, 3.05) is 12.4 Å². The highest BCUT2D eigenvalue weighted by molar-refractivity contribution is 9.09. The molecule has 0 unspecified atom stereocenters. The number of hydrogen-bond donors (Lipinski definition) is 0. The molecule has 88 valence electrons. The Morgan fingerprint density at radius 2 is 2.25 bits per heavy atom. The predicted molar refractivity (Wildman–Crippen MR) is 69.5 cm³/mol. The van der Waals surface area contributed by atoms with Gasteiger partial charge in [0.05, 0.1) is 12.7 Å². The largest absolute Gasteiger partial charge is 0.465 e. The fraction of sp³-hybridized carbons (Fsp3) is 0.417. The number of carbonyl (C=O) groups excluding carboxylic acids is 1. The van der Waals surface area contributed by atoms with E-state index in [1.54, 1.807) is 0 Å². The van der Waals surface area contributed by atoms with Crippen LogP contribution in [0.5, 0.6) is 0 Å². The first-order valence-corrected chi connectivity index (χ1v) is 6.70. The van der Waals surface area contributed by atoms with Crippen molar-refractivity contribution in [3.05, 3.63) is 34.9 Å². The Bertz CT molecular complexity index is 366. The zero-order chi connectivity index (χ0) is 12.0. The first kappa shape index (κ1) is 13.5. The maximum atomic E-state index is 11.6. The lowest BCUT2D eigenvalue weighted by Gasteiger charge is -2.08. The molecule has 0 saturated carbocycles. The third kappa shape index (κ3) is 3.49. The van der Waals surface area contributed by atoms with E-state index in [9.17, 15) is 4.79 Å². The van der Waals surface area contributed by atoms with Gasteiger partial charge in [-0.3, -0.25) is 0 Å². The van der Waals surface area contributed by atoms with E-state index in [1.165, 1.54) is 7.11 Å². The van der Waals surface area contributed by atoms with Crippen molar-refractivity contribution in [3.8, 4) is 0 Å². The number of benzene rings is 1. The van der Waals surface area contributed by atoms with Crippen molar-refractivity contribution in [2.24, 2.45) is 0 Å². The number of rotatable bonds is 5. The number of halogens is 2. The molecule has 0 aliphatic carbocycles. The van der Waals surface area contributed by atoms with Crippen molar-refractivity contribution < 1.29 is 9.53 Å². The molecule has 0 amide bonds. The van der Waals surface area contributed by atoms with Crippen LogP contribution in [0.15, 0.2) is 18.2 Å². The van der Waals surface area contributed by atoms with Gasteiger partial charge in [-0.25, -0.2) is 4.79 Å². The van der Waals surface area contributed by atoms with Gasteiger partial charge >= 0.3 is 5.97 Å². The second-order valence-electron chi connectivity index (χ2n) is 3.41. The van der Waals surface area contributed by atoms with Crippen LogP contribution in [0.4, 0.5) is 0 Å². The summed E-state index contributed by atoms with van der Waals surface area (Å²) in [7, 11) is 1.39. The van der Waals surface area contributed by atoms with Crippen LogP contribution in [0.2, 0.25) is 0 Å². The third-order valence-corrected chi connectivity index (χ3v) is 3.18. The van der Waals surface area contributed by atoms with Gasteiger partial charge in [0.15, 0.2) is 0 Å². The molecular weight excluding hydrogens is 291 g/mol. The van der Waals surface area contributed by atoms with Crippen molar-refractivity contribution in [2.45, 2.75) is 18.7 Å². The van der Waals surface area contributed by atoms with Gasteiger partial charge in [0, 0.05) is 11.2 Å². The summed E-state index contributed by atoms with van der Waals surface area (Å²) in [6.45, 7) is 0.